The van der Waals surface area contributed by atoms with Gasteiger partial charge in [0.15, 0.2) is 0 Å². The van der Waals surface area contributed by atoms with Gasteiger partial charge in [-0.25, -0.2) is 8.42 Å². The van der Waals surface area contributed by atoms with Crippen molar-refractivity contribution < 1.29 is 13.2 Å². The van der Waals surface area contributed by atoms with Crippen molar-refractivity contribution in [3.05, 3.63) is 0 Å². The molecule has 8 heteroatoms. The van der Waals surface area contributed by atoms with Crippen LogP contribution in [0, 0.1) is 5.92 Å². The Bertz CT molecular complexity index is 560. The monoisotopic (exact) mass is 407 g/mol. The minimum Gasteiger partial charge on any atom is -0.341 e. The molecule has 0 aromatic rings. The van der Waals surface area contributed by atoms with Crippen LogP contribution in [-0.2, 0) is 14.8 Å². The number of piperidine rings is 1. The lowest BCUT2D eigenvalue weighted by molar-refractivity contribution is -0.136. The summed E-state index contributed by atoms with van der Waals surface area (Å²) in [5.74, 6) is 0.328. The smallest absolute Gasteiger partial charge is 0.225 e. The standard InChI is InChI=1S/C18H33N3O3S.ClH/c1-2-11-21(16-9-10-19-13-16)25(23,24)17-8-5-12-20(14-17)18(22)15-6-3-4-7-15;/h15-17,19H,2-14H2,1H3;1H. The normalized spacial score (nSPS) is 27.7. The molecule has 0 radical (unpaired) electrons. The molecule has 1 N–H and O–H groups in total. The van der Waals surface area contributed by atoms with E-state index in [0.717, 1.165) is 64.6 Å². The Morgan fingerprint density at radius 2 is 1.88 bits per heavy atom. The third-order valence-electron chi connectivity index (χ3n) is 6.03. The lowest BCUT2D eigenvalue weighted by Gasteiger charge is -2.38. The number of carbonyl (C=O) groups is 1. The Hall–Kier alpha value is -0.370. The van der Waals surface area contributed by atoms with Crippen molar-refractivity contribution in [2.75, 3.05) is 32.7 Å². The van der Waals surface area contributed by atoms with Crippen LogP contribution in [0.15, 0.2) is 0 Å². The highest BCUT2D eigenvalue weighted by atomic mass is 35.5. The van der Waals surface area contributed by atoms with Crippen LogP contribution in [0.4, 0.5) is 0 Å². The fourth-order valence-corrected chi connectivity index (χ4v) is 6.88. The molecule has 1 amide bonds. The minimum absolute atomic E-state index is 0. The quantitative estimate of drug-likeness (QED) is 0.731. The number of rotatable bonds is 6. The molecule has 0 aromatic carbocycles. The predicted octanol–water partition coefficient (Wildman–Crippen LogP) is 1.99. The van der Waals surface area contributed by atoms with Gasteiger partial charge in [-0.1, -0.05) is 19.8 Å². The lowest BCUT2D eigenvalue weighted by atomic mass is 10.0. The third kappa shape index (κ3) is 4.72. The molecule has 26 heavy (non-hydrogen) atoms. The van der Waals surface area contributed by atoms with Crippen LogP contribution in [0.3, 0.4) is 0 Å². The molecule has 152 valence electrons. The van der Waals surface area contributed by atoms with Gasteiger partial charge in [0.2, 0.25) is 15.9 Å². The van der Waals surface area contributed by atoms with Gasteiger partial charge in [-0.2, -0.15) is 4.31 Å². The van der Waals surface area contributed by atoms with Gasteiger partial charge in [0.1, 0.15) is 0 Å². The first-order valence-electron chi connectivity index (χ1n) is 10.0. The molecule has 2 heterocycles. The minimum atomic E-state index is -3.36. The second kappa shape index (κ2) is 9.71. The highest BCUT2D eigenvalue weighted by Crippen LogP contribution is 2.29. The first-order valence-corrected chi connectivity index (χ1v) is 11.5. The zero-order chi connectivity index (χ0) is 17.9. The van der Waals surface area contributed by atoms with Crippen LogP contribution in [-0.4, -0.2) is 67.5 Å². The van der Waals surface area contributed by atoms with Gasteiger partial charge in [-0.3, -0.25) is 4.79 Å². The van der Waals surface area contributed by atoms with E-state index in [1.165, 1.54) is 0 Å². The number of nitrogens with zero attached hydrogens (tertiary/aromatic N) is 2. The van der Waals surface area contributed by atoms with Crippen LogP contribution < -0.4 is 5.32 Å². The number of carbonyl (C=O) groups excluding carboxylic acids is 1. The van der Waals surface area contributed by atoms with Gasteiger partial charge in [0.05, 0.1) is 5.25 Å². The lowest BCUT2D eigenvalue weighted by Crippen LogP contribution is -2.53. The molecule has 2 aliphatic heterocycles. The van der Waals surface area contributed by atoms with Crippen LogP contribution in [0.2, 0.25) is 0 Å². The van der Waals surface area contributed by atoms with Gasteiger partial charge in [0, 0.05) is 38.1 Å². The van der Waals surface area contributed by atoms with E-state index < -0.39 is 15.3 Å². The van der Waals surface area contributed by atoms with Crippen LogP contribution in [0.1, 0.15) is 58.3 Å². The summed E-state index contributed by atoms with van der Waals surface area (Å²) >= 11 is 0. The van der Waals surface area contributed by atoms with Gasteiger partial charge in [-0.15, -0.1) is 12.4 Å². The predicted molar refractivity (Wildman–Crippen MR) is 106 cm³/mol. The molecule has 3 fully saturated rings. The molecule has 2 unspecified atom stereocenters. The number of amides is 1. The van der Waals surface area contributed by atoms with Crippen molar-refractivity contribution in [3.8, 4) is 0 Å². The van der Waals surface area contributed by atoms with E-state index in [-0.39, 0.29) is 30.3 Å². The van der Waals surface area contributed by atoms with Gasteiger partial charge >= 0.3 is 0 Å². The molecule has 2 atom stereocenters. The van der Waals surface area contributed by atoms with Crippen molar-refractivity contribution in [1.29, 1.82) is 0 Å². The number of halogens is 1. The van der Waals surface area contributed by atoms with E-state index in [2.05, 4.69) is 5.32 Å². The zero-order valence-electron chi connectivity index (χ0n) is 15.9. The van der Waals surface area contributed by atoms with Gasteiger partial charge in [-0.05, 0) is 45.1 Å². The van der Waals surface area contributed by atoms with E-state index in [1.54, 1.807) is 4.31 Å². The maximum atomic E-state index is 13.3. The number of hydrogen-bond donors (Lipinski definition) is 1. The summed E-state index contributed by atoms with van der Waals surface area (Å²) in [6.07, 6.45) is 7.40. The van der Waals surface area contributed by atoms with E-state index in [4.69, 9.17) is 0 Å². The first-order chi connectivity index (χ1) is 12.0. The fraction of sp³-hybridized carbons (Fsp3) is 0.944. The average Bonchev–Trinajstić information content (AvgIpc) is 3.32. The molecule has 0 bridgehead atoms. The summed E-state index contributed by atoms with van der Waals surface area (Å²) in [7, 11) is -3.36. The molecule has 1 aliphatic carbocycles. The molecular weight excluding hydrogens is 374 g/mol. The third-order valence-corrected chi connectivity index (χ3v) is 8.39. The Labute approximate surface area is 164 Å². The average molecular weight is 408 g/mol. The number of likely N-dealkylation sites (tertiary alicyclic amines) is 1. The van der Waals surface area contributed by atoms with Crippen LogP contribution in [0.25, 0.3) is 0 Å². The molecule has 6 nitrogen and oxygen atoms in total. The molecule has 3 aliphatic rings. The Kier molecular flexibility index (Phi) is 8.19. The van der Waals surface area contributed by atoms with Gasteiger partial charge in [0.25, 0.3) is 0 Å². The van der Waals surface area contributed by atoms with E-state index in [9.17, 15) is 13.2 Å². The number of nitrogens with one attached hydrogen (secondary N) is 1. The van der Waals surface area contributed by atoms with E-state index in [0.29, 0.717) is 19.5 Å². The summed E-state index contributed by atoms with van der Waals surface area (Å²) < 4.78 is 28.4. The molecule has 3 rings (SSSR count). The van der Waals surface area contributed by atoms with Crippen molar-refractivity contribution in [2.45, 2.75) is 69.6 Å². The second-order valence-electron chi connectivity index (χ2n) is 7.83. The van der Waals surface area contributed by atoms with Crippen molar-refractivity contribution in [3.63, 3.8) is 0 Å². The summed E-state index contributed by atoms with van der Waals surface area (Å²) in [5, 5.41) is 2.85. The van der Waals surface area contributed by atoms with E-state index >= 15 is 0 Å². The molecule has 0 spiro atoms. The fourth-order valence-electron chi connectivity index (χ4n) is 4.63. The van der Waals surface area contributed by atoms with E-state index in [1.807, 2.05) is 11.8 Å². The van der Waals surface area contributed by atoms with Crippen LogP contribution in [0.5, 0.6) is 0 Å². The molecule has 0 aromatic heterocycles. The first kappa shape index (κ1) is 21.9. The highest BCUT2D eigenvalue weighted by Gasteiger charge is 2.40. The number of hydrogen-bond acceptors (Lipinski definition) is 4. The zero-order valence-corrected chi connectivity index (χ0v) is 17.5. The number of sulfonamides is 1. The molecule has 2 saturated heterocycles. The Morgan fingerprint density at radius 3 is 2.50 bits per heavy atom. The Morgan fingerprint density at radius 1 is 1.15 bits per heavy atom. The molecule has 1 saturated carbocycles. The van der Waals surface area contributed by atoms with Gasteiger partial charge < -0.3 is 10.2 Å². The van der Waals surface area contributed by atoms with Crippen molar-refractivity contribution in [1.82, 2.24) is 14.5 Å². The second-order valence-corrected chi connectivity index (χ2v) is 10.00. The van der Waals surface area contributed by atoms with Crippen molar-refractivity contribution >= 4 is 28.3 Å². The van der Waals surface area contributed by atoms with Crippen LogP contribution >= 0.6 is 12.4 Å². The summed E-state index contributed by atoms with van der Waals surface area (Å²) in [4.78, 5) is 14.6. The maximum Gasteiger partial charge on any atom is 0.225 e. The molecular formula is C18H34ClN3O3S. The summed E-state index contributed by atoms with van der Waals surface area (Å²) in [6, 6.07) is 0.0749. The highest BCUT2D eigenvalue weighted by molar-refractivity contribution is 7.89. The topological polar surface area (TPSA) is 69.7 Å². The van der Waals surface area contributed by atoms with Crippen molar-refractivity contribution in [2.24, 2.45) is 5.92 Å². The summed E-state index contributed by atoms with van der Waals surface area (Å²) in [5.41, 5.74) is 0. The maximum absolute atomic E-state index is 13.3. The SMILES string of the molecule is CCCN(C1CCNC1)S(=O)(=O)C1CCCN(C(=O)C2CCCC2)C1.Cl. The largest absolute Gasteiger partial charge is 0.341 e. The Balaban J connectivity index is 0.00000243. The summed E-state index contributed by atoms with van der Waals surface area (Å²) in [6.45, 7) is 5.36.